The number of hydrogen-bond donors (Lipinski definition) is 0. The Kier molecular flexibility index (Phi) is 3.31. The Labute approximate surface area is 127 Å². The lowest BCUT2D eigenvalue weighted by Crippen LogP contribution is -2.06. The molecule has 5 heteroatoms. The van der Waals surface area contributed by atoms with Crippen LogP contribution in [-0.4, -0.2) is 15.4 Å². The minimum Gasteiger partial charge on any atom is -0.415 e. The number of nitrogens with zero attached hydrogens (tertiary/aromatic N) is 3. The molecule has 0 spiro atoms. The van der Waals surface area contributed by atoms with Crippen LogP contribution in [0, 0.1) is 5.92 Å². The fraction of sp³-hybridized carbons (Fsp3) is 0.235. The van der Waals surface area contributed by atoms with E-state index in [1.165, 1.54) is 19.3 Å². The zero-order chi connectivity index (χ0) is 14.8. The molecule has 5 nitrogen and oxygen atoms in total. The van der Waals surface area contributed by atoms with Gasteiger partial charge in [-0.3, -0.25) is 0 Å². The predicted octanol–water partition coefficient (Wildman–Crippen LogP) is 4.20. The normalized spacial score (nSPS) is 15.3. The Morgan fingerprint density at radius 2 is 1.95 bits per heavy atom. The fourth-order valence-corrected chi connectivity index (χ4v) is 2.37. The van der Waals surface area contributed by atoms with Crippen molar-refractivity contribution in [1.29, 1.82) is 0 Å². The molecule has 0 amide bonds. The maximum Gasteiger partial charge on any atom is 0.270 e. The molecule has 1 aromatic carbocycles. The first kappa shape index (κ1) is 13.0. The molecular formula is C17H15N3O2. The molecule has 3 aromatic rings. The average molecular weight is 293 g/mol. The van der Waals surface area contributed by atoms with Gasteiger partial charge in [-0.2, -0.15) is 0 Å². The predicted molar refractivity (Wildman–Crippen MR) is 81.6 cm³/mol. The number of allylic oxidation sites excluding steroid dienone is 1. The SMILES string of the molecule is C(=C\C1CCC1)/c1nnc(-c2cc(-c3ccccc3)on2)o1. The number of rotatable bonds is 4. The second kappa shape index (κ2) is 5.60. The highest BCUT2D eigenvalue weighted by molar-refractivity contribution is 5.62. The summed E-state index contributed by atoms with van der Waals surface area (Å²) in [6.45, 7) is 0. The molecule has 2 heterocycles. The van der Waals surface area contributed by atoms with E-state index in [4.69, 9.17) is 8.94 Å². The van der Waals surface area contributed by atoms with Gasteiger partial charge < -0.3 is 8.94 Å². The van der Waals surface area contributed by atoms with Crippen molar-refractivity contribution in [2.75, 3.05) is 0 Å². The van der Waals surface area contributed by atoms with E-state index >= 15 is 0 Å². The lowest BCUT2D eigenvalue weighted by atomic mass is 9.85. The molecule has 0 atom stereocenters. The van der Waals surface area contributed by atoms with E-state index in [1.807, 2.05) is 42.5 Å². The topological polar surface area (TPSA) is 65.0 Å². The molecule has 1 fully saturated rings. The van der Waals surface area contributed by atoms with Crippen LogP contribution in [0.5, 0.6) is 0 Å². The summed E-state index contributed by atoms with van der Waals surface area (Å²) in [5, 5.41) is 12.0. The van der Waals surface area contributed by atoms with Crippen LogP contribution in [0.2, 0.25) is 0 Å². The van der Waals surface area contributed by atoms with Gasteiger partial charge in [0, 0.05) is 11.6 Å². The molecule has 1 aliphatic rings. The van der Waals surface area contributed by atoms with Crippen LogP contribution >= 0.6 is 0 Å². The van der Waals surface area contributed by atoms with Crippen molar-refractivity contribution in [2.24, 2.45) is 5.92 Å². The zero-order valence-electron chi connectivity index (χ0n) is 12.0. The Morgan fingerprint density at radius 3 is 2.73 bits per heavy atom. The third-order valence-electron chi connectivity index (χ3n) is 3.89. The summed E-state index contributed by atoms with van der Waals surface area (Å²) in [6.07, 6.45) is 7.84. The van der Waals surface area contributed by atoms with Crippen LogP contribution < -0.4 is 0 Å². The van der Waals surface area contributed by atoms with E-state index in [2.05, 4.69) is 21.4 Å². The smallest absolute Gasteiger partial charge is 0.270 e. The van der Waals surface area contributed by atoms with Crippen molar-refractivity contribution < 1.29 is 8.94 Å². The quantitative estimate of drug-likeness (QED) is 0.721. The second-order valence-electron chi connectivity index (χ2n) is 5.44. The lowest BCUT2D eigenvalue weighted by molar-refractivity contribution is 0.388. The van der Waals surface area contributed by atoms with Crippen molar-refractivity contribution in [3.63, 3.8) is 0 Å². The Hall–Kier alpha value is -2.69. The zero-order valence-corrected chi connectivity index (χ0v) is 12.0. The van der Waals surface area contributed by atoms with Crippen molar-refractivity contribution in [3.05, 3.63) is 48.4 Å². The fourth-order valence-electron chi connectivity index (χ4n) is 2.37. The van der Waals surface area contributed by atoms with Gasteiger partial charge >= 0.3 is 0 Å². The molecule has 0 radical (unpaired) electrons. The molecular weight excluding hydrogens is 278 g/mol. The third kappa shape index (κ3) is 2.57. The first-order valence-corrected chi connectivity index (χ1v) is 7.43. The Bertz CT molecular complexity index is 785. The first-order chi connectivity index (χ1) is 10.9. The summed E-state index contributed by atoms with van der Waals surface area (Å²) in [7, 11) is 0. The van der Waals surface area contributed by atoms with Gasteiger partial charge in [0.1, 0.15) is 0 Å². The van der Waals surface area contributed by atoms with Gasteiger partial charge in [0.2, 0.25) is 5.89 Å². The molecule has 0 bridgehead atoms. The maximum atomic E-state index is 5.61. The Balaban J connectivity index is 1.54. The largest absolute Gasteiger partial charge is 0.415 e. The van der Waals surface area contributed by atoms with Gasteiger partial charge in [0.15, 0.2) is 11.5 Å². The van der Waals surface area contributed by atoms with Crippen LogP contribution in [0.3, 0.4) is 0 Å². The summed E-state index contributed by atoms with van der Waals surface area (Å²) >= 11 is 0. The maximum absolute atomic E-state index is 5.61. The highest BCUT2D eigenvalue weighted by atomic mass is 16.5. The molecule has 0 N–H and O–H groups in total. The van der Waals surface area contributed by atoms with E-state index in [-0.39, 0.29) is 0 Å². The molecule has 22 heavy (non-hydrogen) atoms. The van der Waals surface area contributed by atoms with Crippen LogP contribution in [-0.2, 0) is 0 Å². The van der Waals surface area contributed by atoms with Crippen LogP contribution in [0.15, 0.2) is 51.4 Å². The minimum absolute atomic E-state index is 0.374. The van der Waals surface area contributed by atoms with Gasteiger partial charge in [-0.25, -0.2) is 0 Å². The highest BCUT2D eigenvalue weighted by Gasteiger charge is 2.16. The summed E-state index contributed by atoms with van der Waals surface area (Å²) in [5.74, 6) is 2.22. The van der Waals surface area contributed by atoms with Gasteiger partial charge in [-0.15, -0.1) is 10.2 Å². The first-order valence-electron chi connectivity index (χ1n) is 7.43. The van der Waals surface area contributed by atoms with Crippen LogP contribution in [0.25, 0.3) is 29.0 Å². The van der Waals surface area contributed by atoms with Gasteiger partial charge in [-0.1, -0.05) is 48.0 Å². The lowest BCUT2D eigenvalue weighted by Gasteiger charge is -2.20. The number of hydrogen-bond acceptors (Lipinski definition) is 5. The van der Waals surface area contributed by atoms with Gasteiger partial charge in [-0.05, 0) is 24.8 Å². The average Bonchev–Trinajstić information content (AvgIpc) is 3.15. The van der Waals surface area contributed by atoms with Crippen molar-refractivity contribution >= 4 is 6.08 Å². The standard InChI is InChI=1S/C17H15N3O2/c1-2-7-13(8-3-1)15-11-14(20-22-15)17-19-18-16(21-17)10-9-12-5-4-6-12/h1-3,7-12H,4-6H2/b10-9+. The van der Waals surface area contributed by atoms with Crippen molar-refractivity contribution in [3.8, 4) is 22.9 Å². The molecule has 0 unspecified atom stereocenters. The van der Waals surface area contributed by atoms with E-state index in [0.717, 1.165) is 5.56 Å². The molecule has 1 saturated carbocycles. The van der Waals surface area contributed by atoms with Gasteiger partial charge in [0.25, 0.3) is 5.89 Å². The summed E-state index contributed by atoms with van der Waals surface area (Å²) in [5.41, 5.74) is 1.51. The van der Waals surface area contributed by atoms with E-state index in [0.29, 0.717) is 29.2 Å². The molecule has 1 aliphatic carbocycles. The van der Waals surface area contributed by atoms with Crippen LogP contribution in [0.4, 0.5) is 0 Å². The van der Waals surface area contributed by atoms with Crippen molar-refractivity contribution in [2.45, 2.75) is 19.3 Å². The molecule has 0 aliphatic heterocycles. The monoisotopic (exact) mass is 293 g/mol. The minimum atomic E-state index is 0.374. The number of aromatic nitrogens is 3. The summed E-state index contributed by atoms with van der Waals surface area (Å²) < 4.78 is 10.9. The van der Waals surface area contributed by atoms with E-state index in [1.54, 1.807) is 0 Å². The summed E-state index contributed by atoms with van der Waals surface area (Å²) in [6, 6.07) is 11.6. The molecule has 2 aromatic heterocycles. The Morgan fingerprint density at radius 1 is 1.09 bits per heavy atom. The highest BCUT2D eigenvalue weighted by Crippen LogP contribution is 2.28. The van der Waals surface area contributed by atoms with E-state index < -0.39 is 0 Å². The second-order valence-corrected chi connectivity index (χ2v) is 5.44. The van der Waals surface area contributed by atoms with Crippen molar-refractivity contribution in [1.82, 2.24) is 15.4 Å². The van der Waals surface area contributed by atoms with E-state index in [9.17, 15) is 0 Å². The third-order valence-corrected chi connectivity index (χ3v) is 3.89. The number of benzene rings is 1. The summed E-state index contributed by atoms with van der Waals surface area (Å²) in [4.78, 5) is 0. The molecule has 0 saturated heterocycles. The van der Waals surface area contributed by atoms with Crippen LogP contribution in [0.1, 0.15) is 25.2 Å². The van der Waals surface area contributed by atoms with Gasteiger partial charge in [0.05, 0.1) is 0 Å². The molecule has 4 rings (SSSR count). The molecule has 110 valence electrons.